The highest BCUT2D eigenvalue weighted by atomic mass is 32.2. The number of urea groups is 1. The van der Waals surface area contributed by atoms with Crippen LogP contribution in [0.1, 0.15) is 106 Å². The van der Waals surface area contributed by atoms with Crippen molar-refractivity contribution in [1.29, 1.82) is 0 Å². The fraction of sp³-hybridized carbons (Fsp3) is 0.659. The number of ether oxygens (including phenoxy) is 2. The molecule has 16 nitrogen and oxygen atoms in total. The van der Waals surface area contributed by atoms with E-state index in [9.17, 15) is 28.8 Å². The topological polar surface area (TPSA) is 231 Å². The van der Waals surface area contributed by atoms with Crippen molar-refractivity contribution in [1.82, 2.24) is 21.3 Å². The van der Waals surface area contributed by atoms with Gasteiger partial charge in [-0.1, -0.05) is 61.3 Å². The Balaban J connectivity index is 1.40. The summed E-state index contributed by atoms with van der Waals surface area (Å²) in [5.41, 5.74) is 8.85. The number of anilines is 2. The molecule has 0 saturated carbocycles. The van der Waals surface area contributed by atoms with E-state index in [1.165, 1.54) is 0 Å². The molecule has 0 bridgehead atoms. The molecule has 2 fully saturated rings. The Morgan fingerprint density at radius 2 is 1.51 bits per heavy atom. The smallest absolute Gasteiger partial charge is 0.315 e. The Morgan fingerprint density at radius 1 is 0.852 bits per heavy atom. The van der Waals surface area contributed by atoms with Gasteiger partial charge >= 0.3 is 6.03 Å². The molecule has 0 radical (unpaired) electrons. The van der Waals surface area contributed by atoms with Crippen LogP contribution in [0.5, 0.6) is 0 Å². The number of amidine groups is 1. The summed E-state index contributed by atoms with van der Waals surface area (Å²) in [6.45, 7) is 16.5. The van der Waals surface area contributed by atoms with E-state index in [0.29, 0.717) is 93.7 Å². The normalized spacial score (nSPS) is 18.3. The number of nitrogens with one attached hydrogen (secondary N) is 6. The molecule has 0 spiro atoms. The molecule has 0 aliphatic carbocycles. The van der Waals surface area contributed by atoms with Crippen molar-refractivity contribution in [2.75, 3.05) is 56.0 Å². The van der Waals surface area contributed by atoms with Gasteiger partial charge in [0.05, 0.1) is 49.8 Å². The van der Waals surface area contributed by atoms with E-state index < -0.39 is 5.41 Å². The third kappa shape index (κ3) is 19.0. The Hall–Kier alpha value is -4.48. The van der Waals surface area contributed by atoms with Crippen LogP contribution in [-0.4, -0.2) is 105 Å². The summed E-state index contributed by atoms with van der Waals surface area (Å²) in [6, 6.07) is 7.07. The minimum absolute atomic E-state index is 0.0249. The van der Waals surface area contributed by atoms with Crippen LogP contribution in [0, 0.1) is 16.2 Å². The molecule has 61 heavy (non-hydrogen) atoms. The van der Waals surface area contributed by atoms with Gasteiger partial charge in [-0.3, -0.25) is 29.4 Å². The van der Waals surface area contributed by atoms with Crippen LogP contribution in [0.3, 0.4) is 0 Å². The predicted molar refractivity (Wildman–Crippen MR) is 241 cm³/mol. The number of thioether (sulfide) groups is 1. The average molecular weight is 871 g/mol. The van der Waals surface area contributed by atoms with Crippen molar-refractivity contribution in [2.24, 2.45) is 27.1 Å². The third-order valence-corrected chi connectivity index (χ3v) is 12.2. The first-order valence-corrected chi connectivity index (χ1v) is 22.4. The molecule has 1 unspecified atom stereocenters. The number of aldehydes is 2. The van der Waals surface area contributed by atoms with Crippen molar-refractivity contribution in [3.05, 3.63) is 35.5 Å². The molecule has 1 aromatic rings. The largest absolute Gasteiger partial charge is 0.388 e. The minimum Gasteiger partial charge on any atom is -0.388 e. The Bertz CT molecular complexity index is 1700. The van der Waals surface area contributed by atoms with Crippen molar-refractivity contribution < 1.29 is 38.2 Å². The van der Waals surface area contributed by atoms with Gasteiger partial charge in [-0.2, -0.15) is 16.9 Å². The van der Waals surface area contributed by atoms with E-state index in [2.05, 4.69) is 37.1 Å². The predicted octanol–water partition coefficient (Wildman–Crippen LogP) is 5.04. The number of unbranched alkanes of at least 4 members (excludes halogenated alkanes) is 1. The first-order valence-electron chi connectivity index (χ1n) is 21.4. The molecule has 340 valence electrons. The minimum atomic E-state index is -0.453. The monoisotopic (exact) mass is 871 g/mol. The lowest BCUT2D eigenvalue weighted by Gasteiger charge is -2.28. The Morgan fingerprint density at radius 3 is 2.16 bits per heavy atom. The van der Waals surface area contributed by atoms with Gasteiger partial charge in [0.25, 0.3) is 0 Å². The zero-order valence-electron chi connectivity index (χ0n) is 37.2. The zero-order chi connectivity index (χ0) is 45.1. The molecule has 8 N–H and O–H groups in total. The van der Waals surface area contributed by atoms with Gasteiger partial charge in [-0.25, -0.2) is 4.79 Å². The first-order chi connectivity index (χ1) is 28.9. The zero-order valence-corrected chi connectivity index (χ0v) is 38.0. The summed E-state index contributed by atoms with van der Waals surface area (Å²) in [5.74, 6) is 0.346. The maximum absolute atomic E-state index is 13.5. The molecular formula is C44H70N8O8S. The van der Waals surface area contributed by atoms with E-state index in [1.807, 2.05) is 60.2 Å². The number of allylic oxidation sites excluding steroid dienone is 2. The van der Waals surface area contributed by atoms with Crippen LogP contribution < -0.4 is 37.7 Å². The van der Waals surface area contributed by atoms with E-state index in [-0.39, 0.29) is 70.8 Å². The SMILES string of the molecule is CCC(C)(C)CC(=O)/C(C=O)=C(\CC(C)(C)COCCOCC(C)(C)CNC(=O)CCCCC1SC[C@@H]2NC(=O)N[C@H]12)NCCCC(=O)Nc1ccc(N/N=C(\N)C=O)cc1. The van der Waals surface area contributed by atoms with Crippen LogP contribution in [0.4, 0.5) is 16.2 Å². The fourth-order valence-electron chi connectivity index (χ4n) is 6.80. The molecule has 2 aliphatic rings. The van der Waals surface area contributed by atoms with E-state index >= 15 is 0 Å². The molecule has 17 heteroatoms. The quantitative estimate of drug-likeness (QED) is 0.00621. The molecule has 2 heterocycles. The van der Waals surface area contributed by atoms with Crippen LogP contribution in [0.15, 0.2) is 40.6 Å². The van der Waals surface area contributed by atoms with Gasteiger partial charge in [0.2, 0.25) is 11.8 Å². The van der Waals surface area contributed by atoms with Crippen molar-refractivity contribution in [3.63, 3.8) is 0 Å². The third-order valence-electron chi connectivity index (χ3n) is 10.7. The standard InChI is InChI=1S/C44H70N8O8S/c1-8-42(2,3)23-35(55)32(24-53)33(46-19-11-14-39(57)48-30-15-17-31(18-16-30)51-52-37(45)25-54)22-43(4,5)28-59-20-21-60-29-44(6,7)27-47-38(56)13-10-9-12-36-40-34(26-61-36)49-41(58)50-40/h15-18,24-25,34,36,40,46,51H,8-14,19-23,26-29H2,1-7H3,(H2,45,52)(H,47,56)(H,48,57)(H2,49,50,58)/b33-32+/t34-,36?,40-/m0/s1. The second-order valence-corrected chi connectivity index (χ2v) is 19.6. The van der Waals surface area contributed by atoms with Crippen molar-refractivity contribution in [3.8, 4) is 0 Å². The number of hydrogen-bond acceptors (Lipinski definition) is 12. The summed E-state index contributed by atoms with van der Waals surface area (Å²) in [7, 11) is 0. The maximum Gasteiger partial charge on any atom is 0.315 e. The van der Waals surface area contributed by atoms with Gasteiger partial charge in [-0.15, -0.1) is 0 Å². The van der Waals surface area contributed by atoms with Gasteiger partial charge in [-0.05, 0) is 60.8 Å². The molecule has 2 aliphatic heterocycles. The Kier molecular flexibility index (Phi) is 20.7. The number of nitrogens with two attached hydrogens (primary N) is 1. The summed E-state index contributed by atoms with van der Waals surface area (Å²) in [4.78, 5) is 73.4. The number of benzene rings is 1. The van der Waals surface area contributed by atoms with Gasteiger partial charge in [0.15, 0.2) is 24.2 Å². The van der Waals surface area contributed by atoms with Gasteiger partial charge < -0.3 is 41.8 Å². The summed E-state index contributed by atoms with van der Waals surface area (Å²) < 4.78 is 12.0. The van der Waals surface area contributed by atoms with Crippen LogP contribution in [-0.2, 0) is 33.4 Å². The summed E-state index contributed by atoms with van der Waals surface area (Å²) in [6.07, 6.45) is 6.28. The van der Waals surface area contributed by atoms with E-state index in [1.54, 1.807) is 24.3 Å². The highest BCUT2D eigenvalue weighted by molar-refractivity contribution is 8.00. The van der Waals surface area contributed by atoms with Crippen LogP contribution in [0.2, 0.25) is 0 Å². The number of fused-ring (bicyclic) bond motifs is 1. The number of rotatable bonds is 30. The number of carbonyl (C=O) groups excluding carboxylic acids is 6. The molecule has 3 atom stereocenters. The molecule has 2 saturated heterocycles. The molecule has 4 amide bonds. The molecule has 1 aromatic carbocycles. The van der Waals surface area contributed by atoms with Crippen molar-refractivity contribution >= 4 is 65.2 Å². The maximum atomic E-state index is 13.5. The van der Waals surface area contributed by atoms with E-state index in [4.69, 9.17) is 15.2 Å². The van der Waals surface area contributed by atoms with Gasteiger partial charge in [0.1, 0.15) is 0 Å². The van der Waals surface area contributed by atoms with Gasteiger partial charge in [0, 0.05) is 60.2 Å². The number of Topliss-reactive ketones (excluding diaryl/α,β-unsaturated/α-hetero) is 1. The number of nitrogens with zero attached hydrogens (tertiary/aromatic N) is 1. The number of carbonyl (C=O) groups is 6. The molecular weight excluding hydrogens is 801 g/mol. The highest BCUT2D eigenvalue weighted by Gasteiger charge is 2.42. The second-order valence-electron chi connectivity index (χ2n) is 18.3. The number of hydrazone groups is 1. The number of ketones is 1. The summed E-state index contributed by atoms with van der Waals surface area (Å²) in [5, 5.41) is 19.3. The van der Waals surface area contributed by atoms with Crippen molar-refractivity contribution in [2.45, 2.75) is 124 Å². The number of amides is 4. The Labute approximate surface area is 365 Å². The average Bonchev–Trinajstić information content (AvgIpc) is 3.77. The lowest BCUT2D eigenvalue weighted by atomic mass is 9.81. The fourth-order valence-corrected chi connectivity index (χ4v) is 8.35. The second kappa shape index (κ2) is 24.8. The lowest BCUT2D eigenvalue weighted by Crippen LogP contribution is -2.37. The molecule has 0 aromatic heterocycles. The molecule has 3 rings (SSSR count). The lowest BCUT2D eigenvalue weighted by molar-refractivity contribution is -0.122. The first kappa shape index (κ1) is 50.9. The van der Waals surface area contributed by atoms with Crippen LogP contribution in [0.25, 0.3) is 0 Å². The van der Waals surface area contributed by atoms with Crippen LogP contribution >= 0.6 is 11.8 Å². The van der Waals surface area contributed by atoms with E-state index in [0.717, 1.165) is 31.4 Å². The highest BCUT2D eigenvalue weighted by Crippen LogP contribution is 2.33. The summed E-state index contributed by atoms with van der Waals surface area (Å²) >= 11 is 1.89. The number of hydrogen-bond donors (Lipinski definition) is 7.